The Bertz CT molecular complexity index is 369. The summed E-state index contributed by atoms with van der Waals surface area (Å²) in [7, 11) is 4.05. The van der Waals surface area contributed by atoms with Crippen molar-refractivity contribution in [2.24, 2.45) is 0 Å². The SMILES string of the molecule is CCCOc1ncnc(NC(C)CN(C)C)c1N. The second-order valence-corrected chi connectivity index (χ2v) is 4.60. The van der Waals surface area contributed by atoms with Crippen molar-refractivity contribution in [3.05, 3.63) is 6.33 Å². The van der Waals surface area contributed by atoms with Crippen LogP contribution in [0, 0.1) is 0 Å². The number of hydrogen-bond acceptors (Lipinski definition) is 6. The third kappa shape index (κ3) is 4.37. The van der Waals surface area contributed by atoms with E-state index in [9.17, 15) is 0 Å². The van der Waals surface area contributed by atoms with Crippen LogP contribution >= 0.6 is 0 Å². The molecule has 6 nitrogen and oxygen atoms in total. The van der Waals surface area contributed by atoms with Crippen molar-refractivity contribution in [2.75, 3.05) is 38.3 Å². The van der Waals surface area contributed by atoms with Gasteiger partial charge in [0.2, 0.25) is 5.88 Å². The highest BCUT2D eigenvalue weighted by atomic mass is 16.5. The number of likely N-dealkylation sites (N-methyl/N-ethyl adjacent to an activating group) is 1. The normalized spacial score (nSPS) is 12.5. The number of nitrogens with one attached hydrogen (secondary N) is 1. The summed E-state index contributed by atoms with van der Waals surface area (Å²) in [6.45, 7) is 5.62. The molecule has 1 aromatic heterocycles. The van der Waals surface area contributed by atoms with E-state index in [4.69, 9.17) is 10.5 Å². The molecule has 0 amide bonds. The lowest BCUT2D eigenvalue weighted by Gasteiger charge is -2.20. The van der Waals surface area contributed by atoms with Crippen LogP contribution in [-0.4, -0.2) is 48.2 Å². The molecule has 1 aromatic rings. The van der Waals surface area contributed by atoms with E-state index in [0.717, 1.165) is 13.0 Å². The first kappa shape index (κ1) is 14.5. The summed E-state index contributed by atoms with van der Waals surface area (Å²) < 4.78 is 5.46. The fourth-order valence-corrected chi connectivity index (χ4v) is 1.63. The molecule has 0 saturated heterocycles. The summed E-state index contributed by atoms with van der Waals surface area (Å²) in [6, 6.07) is 0.247. The fourth-order valence-electron chi connectivity index (χ4n) is 1.63. The first-order valence-corrected chi connectivity index (χ1v) is 6.19. The first-order valence-electron chi connectivity index (χ1n) is 6.19. The molecule has 102 valence electrons. The molecule has 0 aromatic carbocycles. The van der Waals surface area contributed by atoms with Crippen molar-refractivity contribution in [1.82, 2.24) is 14.9 Å². The van der Waals surface area contributed by atoms with E-state index < -0.39 is 0 Å². The number of anilines is 2. The van der Waals surface area contributed by atoms with E-state index in [0.29, 0.717) is 24.0 Å². The minimum absolute atomic E-state index is 0.247. The van der Waals surface area contributed by atoms with Crippen LogP contribution in [-0.2, 0) is 0 Å². The van der Waals surface area contributed by atoms with Crippen molar-refractivity contribution < 1.29 is 4.74 Å². The van der Waals surface area contributed by atoms with Gasteiger partial charge >= 0.3 is 0 Å². The largest absolute Gasteiger partial charge is 0.476 e. The van der Waals surface area contributed by atoms with Gasteiger partial charge in [0.1, 0.15) is 12.0 Å². The Balaban J connectivity index is 2.70. The lowest BCUT2D eigenvalue weighted by atomic mass is 10.3. The molecule has 0 bridgehead atoms. The van der Waals surface area contributed by atoms with Gasteiger partial charge in [-0.3, -0.25) is 0 Å². The number of nitrogens with two attached hydrogens (primary N) is 1. The standard InChI is InChI=1S/C12H23N5O/c1-5-6-18-12-10(13)11(14-8-15-12)16-9(2)7-17(3)4/h8-9H,5-7,13H2,1-4H3,(H,14,15,16). The maximum Gasteiger partial charge on any atom is 0.242 e. The molecule has 1 atom stereocenters. The molecule has 1 heterocycles. The average molecular weight is 253 g/mol. The summed E-state index contributed by atoms with van der Waals surface area (Å²) in [4.78, 5) is 10.3. The Morgan fingerprint density at radius 2 is 2.17 bits per heavy atom. The Hall–Kier alpha value is -1.56. The highest BCUT2D eigenvalue weighted by Gasteiger charge is 2.11. The fraction of sp³-hybridized carbons (Fsp3) is 0.667. The molecular formula is C12H23N5O. The molecule has 0 aliphatic carbocycles. The predicted molar refractivity (Wildman–Crippen MR) is 73.9 cm³/mol. The first-order chi connectivity index (χ1) is 8.54. The van der Waals surface area contributed by atoms with Crippen LogP contribution in [0.15, 0.2) is 6.33 Å². The summed E-state index contributed by atoms with van der Waals surface area (Å²) >= 11 is 0. The monoisotopic (exact) mass is 253 g/mol. The number of rotatable bonds is 7. The van der Waals surface area contributed by atoms with Gasteiger partial charge in [0.05, 0.1) is 6.61 Å². The molecule has 0 aliphatic heterocycles. The van der Waals surface area contributed by atoms with Crippen LogP contribution in [0.4, 0.5) is 11.5 Å². The highest BCUT2D eigenvalue weighted by molar-refractivity contribution is 5.66. The zero-order valence-corrected chi connectivity index (χ0v) is 11.6. The van der Waals surface area contributed by atoms with Gasteiger partial charge in [-0.2, -0.15) is 4.98 Å². The van der Waals surface area contributed by atoms with E-state index >= 15 is 0 Å². The lowest BCUT2D eigenvalue weighted by Crippen LogP contribution is -2.30. The molecule has 3 N–H and O–H groups in total. The minimum Gasteiger partial charge on any atom is -0.476 e. The number of aromatic nitrogens is 2. The number of nitrogen functional groups attached to an aromatic ring is 1. The van der Waals surface area contributed by atoms with E-state index in [2.05, 4.69) is 27.1 Å². The number of hydrogen-bond donors (Lipinski definition) is 2. The topological polar surface area (TPSA) is 76.3 Å². The highest BCUT2D eigenvalue weighted by Crippen LogP contribution is 2.25. The predicted octanol–water partition coefficient (Wildman–Crippen LogP) is 1.21. The summed E-state index contributed by atoms with van der Waals surface area (Å²) in [5.41, 5.74) is 6.45. The lowest BCUT2D eigenvalue weighted by molar-refractivity contribution is 0.306. The van der Waals surface area contributed by atoms with Crippen molar-refractivity contribution in [3.63, 3.8) is 0 Å². The van der Waals surface area contributed by atoms with Crippen LogP contribution in [0.5, 0.6) is 5.88 Å². The third-order valence-corrected chi connectivity index (χ3v) is 2.31. The molecule has 0 saturated carbocycles. The molecule has 0 fully saturated rings. The van der Waals surface area contributed by atoms with Gasteiger partial charge < -0.3 is 20.7 Å². The van der Waals surface area contributed by atoms with Gasteiger partial charge in [0.15, 0.2) is 5.82 Å². The second kappa shape index (κ2) is 7.00. The molecule has 0 radical (unpaired) electrons. The van der Waals surface area contributed by atoms with Crippen molar-refractivity contribution in [1.29, 1.82) is 0 Å². The summed E-state index contributed by atoms with van der Waals surface area (Å²) in [6.07, 6.45) is 2.38. The summed E-state index contributed by atoms with van der Waals surface area (Å²) in [5.74, 6) is 1.08. The van der Waals surface area contributed by atoms with Crippen molar-refractivity contribution >= 4 is 11.5 Å². The summed E-state index contributed by atoms with van der Waals surface area (Å²) in [5, 5.41) is 3.26. The minimum atomic E-state index is 0.247. The molecule has 0 spiro atoms. The van der Waals surface area contributed by atoms with Crippen LogP contribution in [0.25, 0.3) is 0 Å². The maximum absolute atomic E-state index is 5.98. The zero-order chi connectivity index (χ0) is 13.5. The van der Waals surface area contributed by atoms with E-state index in [-0.39, 0.29) is 6.04 Å². The van der Waals surface area contributed by atoms with E-state index in [1.54, 1.807) is 0 Å². The number of ether oxygens (including phenoxy) is 1. The van der Waals surface area contributed by atoms with Crippen LogP contribution in [0.2, 0.25) is 0 Å². The Labute approximate surface area is 109 Å². The van der Waals surface area contributed by atoms with Gasteiger partial charge in [-0.1, -0.05) is 6.92 Å². The smallest absolute Gasteiger partial charge is 0.242 e. The molecule has 1 unspecified atom stereocenters. The molecule has 1 rings (SSSR count). The van der Waals surface area contributed by atoms with Crippen LogP contribution in [0.3, 0.4) is 0 Å². The van der Waals surface area contributed by atoms with E-state index in [1.165, 1.54) is 6.33 Å². The van der Waals surface area contributed by atoms with Crippen LogP contribution in [0.1, 0.15) is 20.3 Å². The quantitative estimate of drug-likeness (QED) is 0.760. The van der Waals surface area contributed by atoms with Crippen molar-refractivity contribution in [3.8, 4) is 5.88 Å². The van der Waals surface area contributed by atoms with Crippen LogP contribution < -0.4 is 15.8 Å². The number of nitrogens with zero attached hydrogens (tertiary/aromatic N) is 3. The molecule has 18 heavy (non-hydrogen) atoms. The maximum atomic E-state index is 5.98. The Kier molecular flexibility index (Phi) is 5.64. The third-order valence-electron chi connectivity index (χ3n) is 2.31. The van der Waals surface area contributed by atoms with Gasteiger partial charge in [0.25, 0.3) is 0 Å². The van der Waals surface area contributed by atoms with Gasteiger partial charge in [0, 0.05) is 12.6 Å². The Morgan fingerprint density at radius 1 is 1.44 bits per heavy atom. The van der Waals surface area contributed by atoms with E-state index in [1.807, 2.05) is 21.0 Å². The molecular weight excluding hydrogens is 230 g/mol. The molecule has 6 heteroatoms. The molecule has 0 aliphatic rings. The second-order valence-electron chi connectivity index (χ2n) is 4.60. The average Bonchev–Trinajstić information content (AvgIpc) is 2.29. The van der Waals surface area contributed by atoms with Gasteiger partial charge in [-0.15, -0.1) is 0 Å². The Morgan fingerprint density at radius 3 is 2.78 bits per heavy atom. The van der Waals surface area contributed by atoms with Crippen molar-refractivity contribution in [2.45, 2.75) is 26.3 Å². The zero-order valence-electron chi connectivity index (χ0n) is 11.6. The van der Waals surface area contributed by atoms with Gasteiger partial charge in [-0.25, -0.2) is 4.98 Å². The van der Waals surface area contributed by atoms with Gasteiger partial charge in [-0.05, 0) is 27.4 Å².